The molecular formula is C22H28O5. The number of aliphatic hydroxyl groups is 2. The minimum Gasteiger partial charge on any atom is -0.494 e. The summed E-state index contributed by atoms with van der Waals surface area (Å²) >= 11 is 0. The number of ether oxygens (including phenoxy) is 1. The molecule has 0 aliphatic heterocycles. The molecule has 0 bridgehead atoms. The van der Waals surface area contributed by atoms with Crippen LogP contribution >= 0.6 is 0 Å². The van der Waals surface area contributed by atoms with Gasteiger partial charge in [0.15, 0.2) is 0 Å². The highest BCUT2D eigenvalue weighted by atomic mass is 16.5. The van der Waals surface area contributed by atoms with Crippen LogP contribution in [0.2, 0.25) is 0 Å². The molecule has 0 aliphatic carbocycles. The van der Waals surface area contributed by atoms with Crippen molar-refractivity contribution >= 4 is 5.97 Å². The number of aliphatic carboxylic acids is 1. The van der Waals surface area contributed by atoms with Crippen molar-refractivity contribution < 1.29 is 24.9 Å². The predicted octanol–water partition coefficient (Wildman–Crippen LogP) is 3.74. The summed E-state index contributed by atoms with van der Waals surface area (Å²) in [6, 6.07) is 17.3. The Morgan fingerprint density at radius 2 is 1.63 bits per heavy atom. The summed E-state index contributed by atoms with van der Waals surface area (Å²) in [7, 11) is 0. The molecule has 0 saturated heterocycles. The van der Waals surface area contributed by atoms with Gasteiger partial charge in [0.05, 0.1) is 12.7 Å². The number of aliphatic hydroxyl groups excluding tert-OH is 2. The first kappa shape index (κ1) is 20.9. The highest BCUT2D eigenvalue weighted by Crippen LogP contribution is 2.23. The van der Waals surface area contributed by atoms with Gasteiger partial charge in [0.2, 0.25) is 0 Å². The van der Waals surface area contributed by atoms with Gasteiger partial charge in [-0.25, -0.2) is 0 Å². The first-order valence-electron chi connectivity index (χ1n) is 9.41. The average molecular weight is 372 g/mol. The van der Waals surface area contributed by atoms with Crippen molar-refractivity contribution in [3.8, 4) is 5.75 Å². The lowest BCUT2D eigenvalue weighted by Gasteiger charge is -2.18. The molecule has 3 N–H and O–H groups in total. The van der Waals surface area contributed by atoms with Crippen LogP contribution in [0.15, 0.2) is 54.6 Å². The van der Waals surface area contributed by atoms with E-state index >= 15 is 0 Å². The van der Waals surface area contributed by atoms with Crippen LogP contribution in [0.4, 0.5) is 0 Å². The largest absolute Gasteiger partial charge is 0.494 e. The smallest absolute Gasteiger partial charge is 0.303 e. The van der Waals surface area contributed by atoms with E-state index in [4.69, 9.17) is 9.84 Å². The zero-order valence-corrected chi connectivity index (χ0v) is 15.5. The van der Waals surface area contributed by atoms with Gasteiger partial charge in [0, 0.05) is 6.42 Å². The molecule has 0 heterocycles. The molecule has 0 fully saturated rings. The molecule has 2 rings (SSSR count). The Morgan fingerprint density at radius 3 is 2.30 bits per heavy atom. The van der Waals surface area contributed by atoms with Crippen LogP contribution in [-0.2, 0) is 11.2 Å². The summed E-state index contributed by atoms with van der Waals surface area (Å²) in [4.78, 5) is 10.5. The van der Waals surface area contributed by atoms with E-state index in [1.54, 1.807) is 24.3 Å². The number of benzene rings is 2. The van der Waals surface area contributed by atoms with E-state index in [-0.39, 0.29) is 6.42 Å². The Kier molecular flexibility index (Phi) is 8.81. The molecular weight excluding hydrogens is 344 g/mol. The maximum Gasteiger partial charge on any atom is 0.303 e. The summed E-state index contributed by atoms with van der Waals surface area (Å²) in [6.45, 7) is 0.614. The van der Waals surface area contributed by atoms with Crippen LogP contribution in [0.25, 0.3) is 0 Å². The molecule has 2 unspecified atom stereocenters. The molecule has 2 atom stereocenters. The van der Waals surface area contributed by atoms with Crippen LogP contribution in [0, 0.1) is 0 Å². The Balaban J connectivity index is 1.70. The third-order valence-corrected chi connectivity index (χ3v) is 4.45. The number of aryl methyl sites for hydroxylation is 1. The molecule has 0 amide bonds. The van der Waals surface area contributed by atoms with E-state index in [0.29, 0.717) is 31.4 Å². The number of hydrogen-bond donors (Lipinski definition) is 3. The molecule has 5 nitrogen and oxygen atoms in total. The SMILES string of the molecule is O=C(O)CCCCC(O)C(O)c1ccc(OCCCc2ccccc2)cc1. The molecule has 2 aromatic rings. The van der Waals surface area contributed by atoms with Crippen LogP contribution in [0.5, 0.6) is 5.75 Å². The van der Waals surface area contributed by atoms with E-state index in [1.807, 2.05) is 18.2 Å². The lowest BCUT2D eigenvalue weighted by Crippen LogP contribution is -2.18. The maximum absolute atomic E-state index is 10.5. The van der Waals surface area contributed by atoms with Gasteiger partial charge in [-0.05, 0) is 48.9 Å². The quantitative estimate of drug-likeness (QED) is 0.494. The second-order valence-corrected chi connectivity index (χ2v) is 6.66. The highest BCUT2D eigenvalue weighted by molar-refractivity contribution is 5.66. The number of rotatable bonds is 12. The third kappa shape index (κ3) is 7.81. The fourth-order valence-electron chi connectivity index (χ4n) is 2.88. The number of carboxylic acids is 1. The van der Waals surface area contributed by atoms with E-state index in [1.165, 1.54) is 5.56 Å². The molecule has 27 heavy (non-hydrogen) atoms. The van der Waals surface area contributed by atoms with Crippen molar-refractivity contribution in [2.45, 2.75) is 50.7 Å². The van der Waals surface area contributed by atoms with E-state index < -0.39 is 18.2 Å². The van der Waals surface area contributed by atoms with Crippen LogP contribution in [0.3, 0.4) is 0 Å². The number of hydrogen-bond acceptors (Lipinski definition) is 4. The third-order valence-electron chi connectivity index (χ3n) is 4.45. The lowest BCUT2D eigenvalue weighted by molar-refractivity contribution is -0.137. The van der Waals surface area contributed by atoms with Crippen LogP contribution in [-0.4, -0.2) is 34.0 Å². The Morgan fingerprint density at radius 1 is 0.926 bits per heavy atom. The van der Waals surface area contributed by atoms with Crippen molar-refractivity contribution in [2.24, 2.45) is 0 Å². The first-order chi connectivity index (χ1) is 13.1. The van der Waals surface area contributed by atoms with Crippen molar-refractivity contribution in [3.63, 3.8) is 0 Å². The maximum atomic E-state index is 10.5. The summed E-state index contributed by atoms with van der Waals surface area (Å²) in [5.74, 6) is -0.112. The van der Waals surface area contributed by atoms with Crippen molar-refractivity contribution in [1.29, 1.82) is 0 Å². The molecule has 0 radical (unpaired) electrons. The highest BCUT2D eigenvalue weighted by Gasteiger charge is 2.18. The van der Waals surface area contributed by atoms with Crippen LogP contribution in [0.1, 0.15) is 49.3 Å². The topological polar surface area (TPSA) is 87.0 Å². The van der Waals surface area contributed by atoms with Gasteiger partial charge in [0.1, 0.15) is 11.9 Å². The van der Waals surface area contributed by atoms with Gasteiger partial charge in [-0.15, -0.1) is 0 Å². The summed E-state index contributed by atoms with van der Waals surface area (Å²) < 4.78 is 5.73. The molecule has 0 aliphatic rings. The van der Waals surface area contributed by atoms with Gasteiger partial charge in [0.25, 0.3) is 0 Å². The zero-order chi connectivity index (χ0) is 19.5. The van der Waals surface area contributed by atoms with Gasteiger partial charge in [-0.3, -0.25) is 4.79 Å². The summed E-state index contributed by atoms with van der Waals surface area (Å²) in [6.07, 6.45) is 1.50. The zero-order valence-electron chi connectivity index (χ0n) is 15.5. The molecule has 0 saturated carbocycles. The van der Waals surface area contributed by atoms with Gasteiger partial charge >= 0.3 is 5.97 Å². The van der Waals surface area contributed by atoms with Crippen LogP contribution < -0.4 is 4.74 Å². The molecule has 5 heteroatoms. The number of unbranched alkanes of at least 4 members (excludes halogenated alkanes) is 1. The van der Waals surface area contributed by atoms with E-state index in [2.05, 4.69) is 12.1 Å². The first-order valence-corrected chi connectivity index (χ1v) is 9.41. The minimum absolute atomic E-state index is 0.0825. The van der Waals surface area contributed by atoms with Crippen molar-refractivity contribution in [1.82, 2.24) is 0 Å². The molecule has 0 aromatic heterocycles. The number of carbonyl (C=O) groups is 1. The van der Waals surface area contributed by atoms with E-state index in [9.17, 15) is 15.0 Å². The Hall–Kier alpha value is -2.37. The van der Waals surface area contributed by atoms with Gasteiger partial charge < -0.3 is 20.1 Å². The van der Waals surface area contributed by atoms with Gasteiger partial charge in [-0.1, -0.05) is 48.9 Å². The van der Waals surface area contributed by atoms with E-state index in [0.717, 1.165) is 18.6 Å². The second-order valence-electron chi connectivity index (χ2n) is 6.66. The van der Waals surface area contributed by atoms with Crippen molar-refractivity contribution in [3.05, 3.63) is 65.7 Å². The fourth-order valence-corrected chi connectivity index (χ4v) is 2.88. The normalized spacial score (nSPS) is 13.1. The summed E-state index contributed by atoms with van der Waals surface area (Å²) in [5.41, 5.74) is 1.91. The summed E-state index contributed by atoms with van der Waals surface area (Å²) in [5, 5.41) is 28.9. The monoisotopic (exact) mass is 372 g/mol. The average Bonchev–Trinajstić information content (AvgIpc) is 2.69. The Labute approximate surface area is 160 Å². The fraction of sp³-hybridized carbons (Fsp3) is 0.409. The molecule has 2 aromatic carbocycles. The Bertz CT molecular complexity index is 669. The number of carboxylic acid groups (broad SMARTS) is 1. The molecule has 146 valence electrons. The predicted molar refractivity (Wildman–Crippen MR) is 104 cm³/mol. The second kappa shape index (κ2) is 11.4. The molecule has 0 spiro atoms. The standard InChI is InChI=1S/C22H28O5/c23-20(10-4-5-11-21(24)25)22(26)18-12-14-19(15-13-18)27-16-6-9-17-7-2-1-3-8-17/h1-3,7-8,12-15,20,22-23,26H,4-6,9-11,16H2,(H,24,25). The van der Waals surface area contributed by atoms with Crippen molar-refractivity contribution in [2.75, 3.05) is 6.61 Å². The minimum atomic E-state index is -0.984. The van der Waals surface area contributed by atoms with Gasteiger partial charge in [-0.2, -0.15) is 0 Å². The lowest BCUT2D eigenvalue weighted by atomic mass is 9.99.